The molecule has 0 saturated heterocycles. The van der Waals surface area contributed by atoms with Crippen LogP contribution in [0.25, 0.3) is 0 Å². The minimum Gasteiger partial charge on any atom is -0.396 e. The first kappa shape index (κ1) is 14.6. The van der Waals surface area contributed by atoms with Crippen LogP contribution in [0.1, 0.15) is 37.0 Å². The number of nitrogens with one attached hydrogen (secondary N) is 1. The molecular formula is C13H19FN2O2. The number of pyridine rings is 1. The molecule has 2 N–H and O–H groups in total. The number of rotatable bonds is 6. The van der Waals surface area contributed by atoms with Crippen LogP contribution in [0.5, 0.6) is 0 Å². The zero-order valence-electron chi connectivity index (χ0n) is 10.7. The fourth-order valence-corrected chi connectivity index (χ4v) is 1.49. The molecule has 100 valence electrons. The normalized spacial score (nSPS) is 11.3. The average Bonchev–Trinajstić information content (AvgIpc) is 2.34. The van der Waals surface area contributed by atoms with Crippen LogP contribution in [-0.4, -0.2) is 29.1 Å². The van der Waals surface area contributed by atoms with Crippen LogP contribution in [0.15, 0.2) is 18.5 Å². The lowest BCUT2D eigenvalue weighted by molar-refractivity contribution is 0.0947. The number of halogens is 1. The molecule has 1 aromatic rings. The standard InChI is InChI=1S/C13H19FN2O2/c1-13(2,9-17)4-3-5-16-12(18)10-6-11(14)8-15-7-10/h6-8,17H,3-5,9H2,1-2H3,(H,16,18). The van der Waals surface area contributed by atoms with Crippen molar-refractivity contribution in [2.24, 2.45) is 5.41 Å². The summed E-state index contributed by atoms with van der Waals surface area (Å²) < 4.78 is 12.8. The van der Waals surface area contributed by atoms with Gasteiger partial charge in [0.15, 0.2) is 0 Å². The summed E-state index contributed by atoms with van der Waals surface area (Å²) in [7, 11) is 0. The van der Waals surface area contributed by atoms with Crippen molar-refractivity contribution in [3.8, 4) is 0 Å². The van der Waals surface area contributed by atoms with Gasteiger partial charge in [-0.25, -0.2) is 4.39 Å². The smallest absolute Gasteiger partial charge is 0.252 e. The third-order valence-electron chi connectivity index (χ3n) is 2.71. The van der Waals surface area contributed by atoms with Crippen molar-refractivity contribution in [2.45, 2.75) is 26.7 Å². The van der Waals surface area contributed by atoms with Crippen LogP contribution in [-0.2, 0) is 0 Å². The van der Waals surface area contributed by atoms with Crippen LogP contribution >= 0.6 is 0 Å². The summed E-state index contributed by atoms with van der Waals surface area (Å²) in [5.41, 5.74) is 0.0851. The molecule has 0 bridgehead atoms. The highest BCUT2D eigenvalue weighted by atomic mass is 19.1. The molecule has 0 aromatic carbocycles. The first-order valence-corrected chi connectivity index (χ1v) is 5.94. The number of carbonyl (C=O) groups excluding carboxylic acids is 1. The van der Waals surface area contributed by atoms with Crippen LogP contribution in [0.2, 0.25) is 0 Å². The molecular weight excluding hydrogens is 235 g/mol. The maximum atomic E-state index is 12.8. The summed E-state index contributed by atoms with van der Waals surface area (Å²) in [6, 6.07) is 1.15. The van der Waals surface area contributed by atoms with E-state index in [0.29, 0.717) is 6.54 Å². The summed E-state index contributed by atoms with van der Waals surface area (Å²) in [4.78, 5) is 15.2. The van der Waals surface area contributed by atoms with Gasteiger partial charge in [0.05, 0.1) is 11.8 Å². The molecule has 0 radical (unpaired) electrons. The second kappa shape index (κ2) is 6.44. The highest BCUT2D eigenvalue weighted by Crippen LogP contribution is 2.20. The van der Waals surface area contributed by atoms with Gasteiger partial charge >= 0.3 is 0 Å². The monoisotopic (exact) mass is 254 g/mol. The lowest BCUT2D eigenvalue weighted by atomic mass is 9.89. The van der Waals surface area contributed by atoms with Gasteiger partial charge in [0.2, 0.25) is 0 Å². The van der Waals surface area contributed by atoms with Gasteiger partial charge < -0.3 is 10.4 Å². The fourth-order valence-electron chi connectivity index (χ4n) is 1.49. The third-order valence-corrected chi connectivity index (χ3v) is 2.71. The van der Waals surface area contributed by atoms with E-state index in [1.807, 2.05) is 13.8 Å². The van der Waals surface area contributed by atoms with Crippen molar-refractivity contribution < 1.29 is 14.3 Å². The molecule has 1 aromatic heterocycles. The third kappa shape index (κ3) is 4.79. The summed E-state index contributed by atoms with van der Waals surface area (Å²) in [5, 5.41) is 11.8. The quantitative estimate of drug-likeness (QED) is 0.760. The average molecular weight is 254 g/mol. The zero-order chi connectivity index (χ0) is 13.6. The predicted molar refractivity (Wildman–Crippen MR) is 66.6 cm³/mol. The van der Waals surface area contributed by atoms with Crippen molar-refractivity contribution in [2.75, 3.05) is 13.2 Å². The van der Waals surface area contributed by atoms with E-state index in [0.717, 1.165) is 25.1 Å². The Labute approximate surface area is 106 Å². The van der Waals surface area contributed by atoms with E-state index in [1.54, 1.807) is 0 Å². The van der Waals surface area contributed by atoms with Gasteiger partial charge in [-0.1, -0.05) is 13.8 Å². The first-order chi connectivity index (χ1) is 8.44. The first-order valence-electron chi connectivity index (χ1n) is 5.94. The number of amides is 1. The summed E-state index contributed by atoms with van der Waals surface area (Å²) in [5.74, 6) is -0.854. The largest absolute Gasteiger partial charge is 0.396 e. The highest BCUT2D eigenvalue weighted by Gasteiger charge is 2.15. The molecule has 0 saturated carbocycles. The molecule has 0 aliphatic rings. The Balaban J connectivity index is 2.34. The predicted octanol–water partition coefficient (Wildman–Crippen LogP) is 1.75. The van der Waals surface area contributed by atoms with Gasteiger partial charge in [-0.15, -0.1) is 0 Å². The van der Waals surface area contributed by atoms with Crippen molar-refractivity contribution in [3.63, 3.8) is 0 Å². The molecule has 0 unspecified atom stereocenters. The number of aliphatic hydroxyl groups excluding tert-OH is 1. The highest BCUT2D eigenvalue weighted by molar-refractivity contribution is 5.93. The fraction of sp³-hybridized carbons (Fsp3) is 0.538. The summed E-state index contributed by atoms with van der Waals surface area (Å²) >= 11 is 0. The number of aliphatic hydroxyl groups is 1. The van der Waals surface area contributed by atoms with Crippen molar-refractivity contribution in [1.29, 1.82) is 0 Å². The topological polar surface area (TPSA) is 62.2 Å². The van der Waals surface area contributed by atoms with Crippen molar-refractivity contribution >= 4 is 5.91 Å². The van der Waals surface area contributed by atoms with Gasteiger partial charge in [0.1, 0.15) is 5.82 Å². The van der Waals surface area contributed by atoms with Gasteiger partial charge in [-0.2, -0.15) is 0 Å². The van der Waals surface area contributed by atoms with Crippen LogP contribution in [0, 0.1) is 11.2 Å². The molecule has 0 fully saturated rings. The Kier molecular flexibility index (Phi) is 5.22. The Morgan fingerprint density at radius 2 is 2.22 bits per heavy atom. The van der Waals surface area contributed by atoms with E-state index in [1.165, 1.54) is 6.20 Å². The Hall–Kier alpha value is -1.49. The van der Waals surface area contributed by atoms with E-state index < -0.39 is 5.82 Å². The second-order valence-electron chi connectivity index (χ2n) is 5.07. The second-order valence-corrected chi connectivity index (χ2v) is 5.07. The maximum absolute atomic E-state index is 12.8. The molecule has 0 spiro atoms. The molecule has 1 amide bonds. The number of nitrogens with zero attached hydrogens (tertiary/aromatic N) is 1. The van der Waals surface area contributed by atoms with Gasteiger partial charge in [0.25, 0.3) is 5.91 Å². The molecule has 0 atom stereocenters. The minimum atomic E-state index is -0.524. The summed E-state index contributed by atoms with van der Waals surface area (Å²) in [6.45, 7) is 4.55. The Morgan fingerprint density at radius 3 is 2.83 bits per heavy atom. The Bertz CT molecular complexity index is 408. The van der Waals surface area contributed by atoms with Crippen LogP contribution < -0.4 is 5.32 Å². The summed E-state index contributed by atoms with van der Waals surface area (Å²) in [6.07, 6.45) is 3.96. The maximum Gasteiger partial charge on any atom is 0.252 e. The number of hydrogen-bond acceptors (Lipinski definition) is 3. The molecule has 0 aliphatic carbocycles. The van der Waals surface area contributed by atoms with E-state index in [4.69, 9.17) is 5.11 Å². The van der Waals surface area contributed by atoms with E-state index in [-0.39, 0.29) is 23.5 Å². The molecule has 1 rings (SSSR count). The van der Waals surface area contributed by atoms with Crippen molar-refractivity contribution in [3.05, 3.63) is 29.8 Å². The van der Waals surface area contributed by atoms with Crippen molar-refractivity contribution in [1.82, 2.24) is 10.3 Å². The SMILES string of the molecule is CC(C)(CO)CCCNC(=O)c1cncc(F)c1. The Morgan fingerprint density at radius 1 is 1.50 bits per heavy atom. The van der Waals surface area contributed by atoms with Gasteiger partial charge in [-0.05, 0) is 24.3 Å². The lowest BCUT2D eigenvalue weighted by Gasteiger charge is -2.21. The molecule has 4 nitrogen and oxygen atoms in total. The van der Waals surface area contributed by atoms with E-state index in [2.05, 4.69) is 10.3 Å². The molecule has 0 aliphatic heterocycles. The van der Waals surface area contributed by atoms with Gasteiger partial charge in [0, 0.05) is 19.3 Å². The molecule has 5 heteroatoms. The van der Waals surface area contributed by atoms with E-state index >= 15 is 0 Å². The van der Waals surface area contributed by atoms with Crippen LogP contribution in [0.4, 0.5) is 4.39 Å². The molecule has 1 heterocycles. The van der Waals surface area contributed by atoms with Crippen LogP contribution in [0.3, 0.4) is 0 Å². The number of hydrogen-bond donors (Lipinski definition) is 2. The number of carbonyl (C=O) groups is 1. The zero-order valence-corrected chi connectivity index (χ0v) is 10.7. The number of aromatic nitrogens is 1. The lowest BCUT2D eigenvalue weighted by Crippen LogP contribution is -2.26. The van der Waals surface area contributed by atoms with E-state index in [9.17, 15) is 9.18 Å². The molecule has 18 heavy (non-hydrogen) atoms. The minimum absolute atomic E-state index is 0.120. The van der Waals surface area contributed by atoms with Gasteiger partial charge in [-0.3, -0.25) is 9.78 Å².